The van der Waals surface area contributed by atoms with E-state index in [1.807, 2.05) is 10.7 Å². The Labute approximate surface area is 183 Å². The summed E-state index contributed by atoms with van der Waals surface area (Å²) in [5, 5.41) is 13.9. The predicted molar refractivity (Wildman–Crippen MR) is 123 cm³/mol. The van der Waals surface area contributed by atoms with Gasteiger partial charge in [-0.25, -0.2) is 4.68 Å². The molecule has 4 rings (SSSR count). The van der Waals surface area contributed by atoms with E-state index in [0.717, 1.165) is 54.6 Å². The summed E-state index contributed by atoms with van der Waals surface area (Å²) in [4.78, 5) is 18.8. The molecule has 7 heteroatoms. The number of aryl methyl sites for hydroxylation is 1. The van der Waals surface area contributed by atoms with Gasteiger partial charge in [-0.3, -0.25) is 9.69 Å². The third-order valence-corrected chi connectivity index (χ3v) is 6.87. The van der Waals surface area contributed by atoms with Crippen molar-refractivity contribution in [3.8, 4) is 0 Å². The molecule has 1 aromatic carbocycles. The lowest BCUT2D eigenvalue weighted by Crippen LogP contribution is -2.42. The van der Waals surface area contributed by atoms with Gasteiger partial charge in [0, 0.05) is 17.6 Å². The Balaban J connectivity index is 1.91. The van der Waals surface area contributed by atoms with Crippen LogP contribution in [0.1, 0.15) is 76.9 Å². The first-order valence-corrected chi connectivity index (χ1v) is 11.5. The maximum absolute atomic E-state index is 13.3. The van der Waals surface area contributed by atoms with E-state index in [-0.39, 0.29) is 17.1 Å². The topological polar surface area (TPSA) is 79.7 Å². The number of nitrogens with zero attached hydrogens (tertiary/aromatic N) is 5. The Bertz CT molecular complexity index is 1110. The molecule has 1 fully saturated rings. The predicted octanol–water partition coefficient (Wildman–Crippen LogP) is 4.04. The highest BCUT2D eigenvalue weighted by atomic mass is 16.1. The van der Waals surface area contributed by atoms with E-state index in [2.05, 4.69) is 78.2 Å². The van der Waals surface area contributed by atoms with Crippen LogP contribution in [0.4, 0.5) is 0 Å². The first-order chi connectivity index (χ1) is 14.8. The first kappa shape index (κ1) is 21.7. The average molecular weight is 423 g/mol. The van der Waals surface area contributed by atoms with Crippen LogP contribution in [0, 0.1) is 5.92 Å². The lowest BCUT2D eigenvalue weighted by Gasteiger charge is -2.37. The smallest absolute Gasteiger partial charge is 0.253 e. The molecule has 0 bridgehead atoms. The molecule has 1 aliphatic heterocycles. The van der Waals surface area contributed by atoms with Gasteiger partial charge in [-0.05, 0) is 91.6 Å². The van der Waals surface area contributed by atoms with Crippen molar-refractivity contribution in [2.45, 2.75) is 71.9 Å². The number of benzene rings is 1. The van der Waals surface area contributed by atoms with E-state index >= 15 is 0 Å². The fourth-order valence-corrected chi connectivity index (χ4v) is 4.60. The number of fused-ring (bicyclic) bond motifs is 1. The largest absolute Gasteiger partial charge is 0.322 e. The van der Waals surface area contributed by atoms with E-state index in [0.29, 0.717) is 5.92 Å². The zero-order chi connectivity index (χ0) is 22.2. The number of likely N-dealkylation sites (tertiary alicyclic amines) is 1. The molecular weight excluding hydrogens is 388 g/mol. The van der Waals surface area contributed by atoms with Crippen molar-refractivity contribution in [1.82, 2.24) is 30.1 Å². The minimum absolute atomic E-state index is 0.0659. The van der Waals surface area contributed by atoms with Crippen LogP contribution in [-0.4, -0.2) is 43.2 Å². The normalized spacial score (nSPS) is 19.1. The monoisotopic (exact) mass is 422 g/mol. The fraction of sp³-hybridized carbons (Fsp3) is 0.583. The van der Waals surface area contributed by atoms with Crippen molar-refractivity contribution in [3.63, 3.8) is 0 Å². The summed E-state index contributed by atoms with van der Waals surface area (Å²) in [6, 6.07) is 8.02. The number of rotatable bonds is 6. The highest BCUT2D eigenvalue weighted by molar-refractivity contribution is 5.80. The van der Waals surface area contributed by atoms with Gasteiger partial charge in [-0.1, -0.05) is 26.8 Å². The van der Waals surface area contributed by atoms with Gasteiger partial charge in [0.2, 0.25) is 0 Å². The number of hydrogen-bond acceptors (Lipinski definition) is 5. The van der Waals surface area contributed by atoms with Crippen molar-refractivity contribution in [2.75, 3.05) is 13.1 Å². The summed E-state index contributed by atoms with van der Waals surface area (Å²) in [6.07, 6.45) is 4.17. The minimum atomic E-state index is -0.276. The minimum Gasteiger partial charge on any atom is -0.322 e. The third kappa shape index (κ3) is 4.15. The van der Waals surface area contributed by atoms with Crippen LogP contribution >= 0.6 is 0 Å². The van der Waals surface area contributed by atoms with Gasteiger partial charge >= 0.3 is 0 Å². The van der Waals surface area contributed by atoms with Crippen molar-refractivity contribution >= 4 is 10.9 Å². The summed E-state index contributed by atoms with van der Waals surface area (Å²) >= 11 is 0. The van der Waals surface area contributed by atoms with Crippen molar-refractivity contribution in [3.05, 3.63) is 51.6 Å². The molecule has 1 saturated heterocycles. The molecule has 0 aliphatic carbocycles. The number of aromatic amines is 1. The zero-order valence-corrected chi connectivity index (χ0v) is 19.4. The van der Waals surface area contributed by atoms with Crippen LogP contribution in [0.25, 0.3) is 10.9 Å². The molecule has 31 heavy (non-hydrogen) atoms. The van der Waals surface area contributed by atoms with Gasteiger partial charge in [0.1, 0.15) is 6.04 Å². The van der Waals surface area contributed by atoms with Crippen LogP contribution < -0.4 is 5.56 Å². The molecule has 0 radical (unpaired) electrons. The summed E-state index contributed by atoms with van der Waals surface area (Å²) in [5.74, 6) is 1.32. The molecule has 0 amide bonds. The molecular formula is C24H34N6O. The zero-order valence-electron chi connectivity index (χ0n) is 19.4. The molecule has 0 spiro atoms. The van der Waals surface area contributed by atoms with Crippen molar-refractivity contribution < 1.29 is 0 Å². The molecule has 3 heterocycles. The molecule has 0 unspecified atom stereocenters. The van der Waals surface area contributed by atoms with Gasteiger partial charge in [-0.2, -0.15) is 0 Å². The number of nitrogens with one attached hydrogen (secondary N) is 1. The number of tetrazole rings is 1. The number of piperidine rings is 1. The van der Waals surface area contributed by atoms with E-state index in [4.69, 9.17) is 0 Å². The SMILES string of the molecule is CCc1ccc2[nH]c(=O)c([C@@H](c3nnnn3C(C)(C)CC)N3CCC[C@H](C)C3)cc2c1. The highest BCUT2D eigenvalue weighted by Crippen LogP contribution is 2.33. The molecule has 0 saturated carbocycles. The van der Waals surface area contributed by atoms with Gasteiger partial charge in [0.15, 0.2) is 5.82 Å². The van der Waals surface area contributed by atoms with Gasteiger partial charge in [0.05, 0.1) is 5.54 Å². The quantitative estimate of drug-likeness (QED) is 0.648. The Kier molecular flexibility index (Phi) is 5.97. The second-order valence-electron chi connectivity index (χ2n) is 9.59. The molecule has 3 aromatic rings. The second-order valence-corrected chi connectivity index (χ2v) is 9.59. The number of aromatic nitrogens is 5. The van der Waals surface area contributed by atoms with Crippen LogP contribution in [0.2, 0.25) is 0 Å². The van der Waals surface area contributed by atoms with E-state index in [9.17, 15) is 4.79 Å². The lowest BCUT2D eigenvalue weighted by molar-refractivity contribution is 0.135. The molecule has 1 aliphatic rings. The molecule has 166 valence electrons. The number of H-pyrrole nitrogens is 1. The van der Waals surface area contributed by atoms with Gasteiger partial charge in [0.25, 0.3) is 5.56 Å². The Morgan fingerprint density at radius 3 is 2.77 bits per heavy atom. The van der Waals surface area contributed by atoms with Crippen molar-refractivity contribution in [1.29, 1.82) is 0 Å². The first-order valence-electron chi connectivity index (χ1n) is 11.5. The molecule has 7 nitrogen and oxygen atoms in total. The van der Waals surface area contributed by atoms with Gasteiger partial charge < -0.3 is 4.98 Å². The number of hydrogen-bond donors (Lipinski definition) is 1. The van der Waals surface area contributed by atoms with Crippen LogP contribution in [0.15, 0.2) is 29.1 Å². The molecule has 2 atom stereocenters. The molecule has 1 N–H and O–H groups in total. The van der Waals surface area contributed by atoms with Gasteiger partial charge in [-0.15, -0.1) is 5.10 Å². The fourth-order valence-electron chi connectivity index (χ4n) is 4.60. The maximum Gasteiger partial charge on any atom is 0.253 e. The summed E-state index contributed by atoms with van der Waals surface area (Å²) in [6.45, 7) is 12.7. The van der Waals surface area contributed by atoms with E-state index < -0.39 is 0 Å². The molecule has 2 aromatic heterocycles. The summed E-state index contributed by atoms with van der Waals surface area (Å²) in [7, 11) is 0. The van der Waals surface area contributed by atoms with Crippen LogP contribution in [0.5, 0.6) is 0 Å². The summed E-state index contributed by atoms with van der Waals surface area (Å²) in [5.41, 5.74) is 2.54. The highest BCUT2D eigenvalue weighted by Gasteiger charge is 2.35. The Hall–Kier alpha value is -2.54. The Morgan fingerprint density at radius 1 is 1.26 bits per heavy atom. The standard InChI is InChI=1S/C24H34N6O/c1-6-17-10-11-20-18(13-17)14-19(23(31)25-20)21(29-12-8-9-16(3)15-29)22-26-27-28-30(22)24(4,5)7-2/h10-11,13-14,16,21H,6-9,12,15H2,1-5H3,(H,25,31)/t16-,21-/m0/s1. The second kappa shape index (κ2) is 8.54. The number of pyridine rings is 1. The van der Waals surface area contributed by atoms with E-state index in [1.54, 1.807) is 0 Å². The van der Waals surface area contributed by atoms with Crippen LogP contribution in [0.3, 0.4) is 0 Å². The van der Waals surface area contributed by atoms with E-state index in [1.165, 1.54) is 12.0 Å². The maximum atomic E-state index is 13.3. The average Bonchev–Trinajstić information content (AvgIpc) is 3.24. The summed E-state index contributed by atoms with van der Waals surface area (Å²) < 4.78 is 1.92. The third-order valence-electron chi connectivity index (χ3n) is 6.87. The van der Waals surface area contributed by atoms with Crippen LogP contribution in [-0.2, 0) is 12.0 Å². The van der Waals surface area contributed by atoms with Crippen molar-refractivity contribution in [2.24, 2.45) is 5.92 Å². The Morgan fingerprint density at radius 2 is 2.06 bits per heavy atom. The lowest BCUT2D eigenvalue weighted by atomic mass is 9.94.